The van der Waals surface area contributed by atoms with Gasteiger partial charge in [-0.15, -0.1) is 0 Å². The van der Waals surface area contributed by atoms with Gasteiger partial charge >= 0.3 is 0 Å². The van der Waals surface area contributed by atoms with Crippen LogP contribution in [0.4, 0.5) is 10.1 Å². The maximum Gasteiger partial charge on any atom is 0.224 e. The van der Waals surface area contributed by atoms with Crippen molar-refractivity contribution in [1.82, 2.24) is 5.32 Å². The van der Waals surface area contributed by atoms with Crippen molar-refractivity contribution in [3.63, 3.8) is 0 Å². The lowest BCUT2D eigenvalue weighted by Gasteiger charge is -2.34. The van der Waals surface area contributed by atoms with Gasteiger partial charge in [-0.25, -0.2) is 4.39 Å². The van der Waals surface area contributed by atoms with Gasteiger partial charge in [0.1, 0.15) is 19.0 Å². The van der Waals surface area contributed by atoms with Gasteiger partial charge in [-0.2, -0.15) is 0 Å². The normalized spacial score (nSPS) is 18.6. The van der Waals surface area contributed by atoms with Crippen molar-refractivity contribution >= 4 is 27.5 Å². The minimum absolute atomic E-state index is 0.0385. The number of nitrogens with one attached hydrogen (secondary N) is 1. The van der Waals surface area contributed by atoms with Crippen LogP contribution in [0.2, 0.25) is 0 Å². The van der Waals surface area contributed by atoms with E-state index >= 15 is 0 Å². The summed E-state index contributed by atoms with van der Waals surface area (Å²) in [7, 11) is 0. The summed E-state index contributed by atoms with van der Waals surface area (Å²) < 4.78 is 25.5. The highest BCUT2D eigenvalue weighted by molar-refractivity contribution is 9.10. The molecule has 5 nitrogen and oxygen atoms in total. The van der Waals surface area contributed by atoms with E-state index in [1.807, 2.05) is 18.2 Å². The first-order chi connectivity index (χ1) is 13.6. The lowest BCUT2D eigenvalue weighted by molar-refractivity contribution is -0.121. The monoisotopic (exact) mass is 448 g/mol. The Morgan fingerprint density at radius 3 is 2.79 bits per heavy atom. The molecular weight excluding hydrogens is 427 g/mol. The van der Waals surface area contributed by atoms with Crippen molar-refractivity contribution < 1.29 is 18.7 Å². The molecule has 2 aromatic rings. The van der Waals surface area contributed by atoms with E-state index in [0.29, 0.717) is 31.3 Å². The largest absolute Gasteiger partial charge is 0.486 e. The number of rotatable bonds is 4. The molecule has 1 N–H and O–H groups in total. The van der Waals surface area contributed by atoms with Crippen molar-refractivity contribution in [3.8, 4) is 11.5 Å². The lowest BCUT2D eigenvalue weighted by atomic mass is 10.0. The van der Waals surface area contributed by atoms with E-state index in [2.05, 4.69) is 26.1 Å². The number of benzene rings is 2. The Bertz CT molecular complexity index is 877. The van der Waals surface area contributed by atoms with Gasteiger partial charge in [-0.05, 0) is 48.7 Å². The maximum atomic E-state index is 13.5. The number of piperidine rings is 1. The van der Waals surface area contributed by atoms with Crippen LogP contribution in [-0.2, 0) is 11.2 Å². The van der Waals surface area contributed by atoms with Gasteiger partial charge in [-0.3, -0.25) is 4.79 Å². The summed E-state index contributed by atoms with van der Waals surface area (Å²) in [4.78, 5) is 14.7. The number of carbonyl (C=O) groups is 1. The van der Waals surface area contributed by atoms with Crippen LogP contribution in [0.3, 0.4) is 0 Å². The van der Waals surface area contributed by atoms with Crippen LogP contribution in [0.15, 0.2) is 40.9 Å². The maximum absolute atomic E-state index is 13.5. The molecule has 1 unspecified atom stereocenters. The molecule has 0 aliphatic carbocycles. The van der Waals surface area contributed by atoms with Crippen LogP contribution in [-0.4, -0.2) is 38.3 Å². The standard InChI is InChI=1S/C21H22BrFN2O3/c22-18-12-20-19(27-7-8-28-20)9-14(18)10-21(26)24-16-4-2-6-25(13-16)17-5-1-3-15(23)11-17/h1,3,5,9,11-12,16H,2,4,6-8,10,13H2,(H,24,26). The highest BCUT2D eigenvalue weighted by atomic mass is 79.9. The quantitative estimate of drug-likeness (QED) is 0.774. The van der Waals surface area contributed by atoms with E-state index in [-0.39, 0.29) is 24.2 Å². The summed E-state index contributed by atoms with van der Waals surface area (Å²) >= 11 is 3.52. The second-order valence-corrected chi connectivity index (χ2v) is 7.95. The van der Waals surface area contributed by atoms with Crippen LogP contribution in [0.1, 0.15) is 18.4 Å². The topological polar surface area (TPSA) is 50.8 Å². The Labute approximate surface area is 171 Å². The molecule has 0 saturated carbocycles. The fourth-order valence-corrected chi connectivity index (χ4v) is 4.16. The van der Waals surface area contributed by atoms with Crippen LogP contribution >= 0.6 is 15.9 Å². The average molecular weight is 449 g/mol. The Morgan fingerprint density at radius 2 is 2.00 bits per heavy atom. The molecule has 1 saturated heterocycles. The molecule has 1 atom stereocenters. The molecule has 1 fully saturated rings. The molecule has 1 amide bonds. The van der Waals surface area contributed by atoms with E-state index in [9.17, 15) is 9.18 Å². The fraction of sp³-hybridized carbons (Fsp3) is 0.381. The zero-order valence-corrected chi connectivity index (χ0v) is 17.0. The number of ether oxygens (including phenoxy) is 2. The molecule has 0 spiro atoms. The first kappa shape index (κ1) is 19.1. The van der Waals surface area contributed by atoms with Crippen molar-refractivity contribution in [3.05, 3.63) is 52.3 Å². The van der Waals surface area contributed by atoms with Crippen LogP contribution in [0.5, 0.6) is 11.5 Å². The molecule has 0 radical (unpaired) electrons. The van der Waals surface area contributed by atoms with Gasteiger partial charge in [0.25, 0.3) is 0 Å². The van der Waals surface area contributed by atoms with Crippen molar-refractivity contribution in [2.45, 2.75) is 25.3 Å². The minimum Gasteiger partial charge on any atom is -0.486 e. The Balaban J connectivity index is 1.38. The Kier molecular flexibility index (Phi) is 5.71. The molecule has 4 rings (SSSR count). The number of hydrogen-bond acceptors (Lipinski definition) is 4. The smallest absolute Gasteiger partial charge is 0.224 e. The molecule has 7 heteroatoms. The second kappa shape index (κ2) is 8.39. The molecule has 2 aromatic carbocycles. The Morgan fingerprint density at radius 1 is 1.21 bits per heavy atom. The van der Waals surface area contributed by atoms with E-state index in [4.69, 9.17) is 9.47 Å². The summed E-state index contributed by atoms with van der Waals surface area (Å²) in [6.45, 7) is 2.59. The molecular formula is C21H22BrFN2O3. The van der Waals surface area contributed by atoms with Crippen molar-refractivity contribution in [2.24, 2.45) is 0 Å². The van der Waals surface area contributed by atoms with Crippen LogP contribution in [0, 0.1) is 5.82 Å². The third-order valence-electron chi connectivity index (χ3n) is 5.02. The average Bonchev–Trinajstić information content (AvgIpc) is 2.69. The van der Waals surface area contributed by atoms with Crippen LogP contribution < -0.4 is 19.7 Å². The fourth-order valence-electron chi connectivity index (χ4n) is 3.70. The summed E-state index contributed by atoms with van der Waals surface area (Å²) in [6, 6.07) is 10.3. The van der Waals surface area contributed by atoms with Crippen molar-refractivity contribution in [1.29, 1.82) is 0 Å². The zero-order chi connectivity index (χ0) is 19.5. The predicted octanol–water partition coefficient (Wildman–Crippen LogP) is 3.69. The molecule has 0 aromatic heterocycles. The predicted molar refractivity (Wildman–Crippen MR) is 109 cm³/mol. The van der Waals surface area contributed by atoms with Gasteiger partial charge in [-0.1, -0.05) is 22.0 Å². The molecule has 148 valence electrons. The van der Waals surface area contributed by atoms with E-state index in [0.717, 1.165) is 35.1 Å². The number of amides is 1. The number of hydrogen-bond donors (Lipinski definition) is 1. The minimum atomic E-state index is -0.243. The zero-order valence-electron chi connectivity index (χ0n) is 15.4. The molecule has 0 bridgehead atoms. The highest BCUT2D eigenvalue weighted by Gasteiger charge is 2.23. The van der Waals surface area contributed by atoms with Gasteiger partial charge in [0.2, 0.25) is 5.91 Å². The van der Waals surface area contributed by atoms with Crippen LogP contribution in [0.25, 0.3) is 0 Å². The summed E-state index contributed by atoms with van der Waals surface area (Å²) in [6.07, 6.45) is 2.13. The molecule has 28 heavy (non-hydrogen) atoms. The summed E-state index contributed by atoms with van der Waals surface area (Å²) in [5.41, 5.74) is 1.72. The van der Waals surface area contributed by atoms with E-state index < -0.39 is 0 Å². The summed E-state index contributed by atoms with van der Waals surface area (Å²) in [5.74, 6) is 1.09. The van der Waals surface area contributed by atoms with Gasteiger partial charge in [0.05, 0.1) is 6.42 Å². The van der Waals surface area contributed by atoms with Gasteiger partial charge in [0.15, 0.2) is 11.5 Å². The summed E-state index contributed by atoms with van der Waals surface area (Å²) in [5, 5.41) is 3.12. The van der Waals surface area contributed by atoms with E-state index in [1.165, 1.54) is 12.1 Å². The van der Waals surface area contributed by atoms with Crippen molar-refractivity contribution in [2.75, 3.05) is 31.2 Å². The lowest BCUT2D eigenvalue weighted by Crippen LogP contribution is -2.48. The molecule has 2 aliphatic rings. The number of fused-ring (bicyclic) bond motifs is 1. The SMILES string of the molecule is O=C(Cc1cc2c(cc1Br)OCCO2)NC1CCCN(c2cccc(F)c2)C1. The highest BCUT2D eigenvalue weighted by Crippen LogP contribution is 2.35. The van der Waals surface area contributed by atoms with Gasteiger partial charge < -0.3 is 19.7 Å². The third-order valence-corrected chi connectivity index (χ3v) is 5.76. The van der Waals surface area contributed by atoms with E-state index in [1.54, 1.807) is 6.07 Å². The van der Waals surface area contributed by atoms with Gasteiger partial charge in [0, 0.05) is 29.3 Å². The second-order valence-electron chi connectivity index (χ2n) is 7.10. The number of nitrogens with zero attached hydrogens (tertiary/aromatic N) is 1. The molecule has 2 aliphatic heterocycles. The molecule has 2 heterocycles. The third kappa shape index (κ3) is 4.41. The first-order valence-electron chi connectivity index (χ1n) is 9.46. The Hall–Kier alpha value is -2.28. The number of halogens is 2. The first-order valence-corrected chi connectivity index (χ1v) is 10.3. The number of anilines is 1. The number of carbonyl (C=O) groups excluding carboxylic acids is 1.